The van der Waals surface area contributed by atoms with Gasteiger partial charge in [-0.2, -0.15) is 0 Å². The zero-order chi connectivity index (χ0) is 97.0. The number of hydrogen-bond donors (Lipinski definition) is 6. The quantitative estimate of drug-likeness (QED) is 0.0169. The van der Waals surface area contributed by atoms with E-state index in [1.54, 1.807) is 197 Å². The van der Waals surface area contributed by atoms with E-state index in [0.717, 1.165) is 0 Å². The van der Waals surface area contributed by atoms with Gasteiger partial charge in [0.25, 0.3) is 0 Å². The first-order chi connectivity index (χ1) is 64.4. The Hall–Kier alpha value is -15.7. The maximum Gasteiger partial charge on any atom is 0.417 e. The van der Waals surface area contributed by atoms with Crippen molar-refractivity contribution in [2.24, 2.45) is 0 Å². The van der Waals surface area contributed by atoms with Crippen molar-refractivity contribution in [1.29, 1.82) is 0 Å². The Bertz CT molecular complexity index is 5650. The minimum atomic E-state index is -1.84. The summed E-state index contributed by atoms with van der Waals surface area (Å²) in [4.78, 5) is 277. The highest BCUT2D eigenvalue weighted by Gasteiger charge is 2.56. The molecule has 6 heterocycles. The molecule has 0 spiro atoms. The summed E-state index contributed by atoms with van der Waals surface area (Å²) in [5.74, 6) is -12.5. The number of benzene rings is 7. The van der Waals surface area contributed by atoms with Crippen LogP contribution in [0.5, 0.6) is 0 Å². The molecule has 6 saturated heterocycles. The lowest BCUT2D eigenvalue weighted by molar-refractivity contribution is -0.154. The van der Waals surface area contributed by atoms with Crippen LogP contribution in [-0.4, -0.2) is 221 Å². The zero-order valence-corrected chi connectivity index (χ0v) is 74.8. The van der Waals surface area contributed by atoms with Gasteiger partial charge in [-0.25, -0.2) is 67.8 Å². The summed E-state index contributed by atoms with van der Waals surface area (Å²) >= 11 is 0. The zero-order valence-electron chi connectivity index (χ0n) is 74.8. The van der Waals surface area contributed by atoms with Gasteiger partial charge in [0.1, 0.15) is 48.8 Å². The van der Waals surface area contributed by atoms with E-state index in [4.69, 9.17) is 37.9 Å². The van der Waals surface area contributed by atoms with Gasteiger partial charge in [-0.15, -0.1) is 0 Å². The third-order valence-electron chi connectivity index (χ3n) is 23.4. The van der Waals surface area contributed by atoms with Crippen molar-refractivity contribution in [3.8, 4) is 0 Å². The summed E-state index contributed by atoms with van der Waals surface area (Å²) in [6, 6.07) is 37.6. The topological polar surface area (TPSA) is 490 Å². The first-order valence-electron chi connectivity index (χ1n) is 43.6. The number of alkyl carbamates (subject to hydrolysis) is 1. The van der Waals surface area contributed by atoms with Crippen LogP contribution in [0, 0.1) is 0 Å². The molecule has 39 nitrogen and oxygen atoms in total. The van der Waals surface area contributed by atoms with E-state index in [1.165, 1.54) is 77.9 Å². The molecule has 6 aliphatic rings. The molecule has 6 aliphatic heterocycles. The van der Waals surface area contributed by atoms with Crippen molar-refractivity contribution in [2.75, 3.05) is 0 Å². The highest BCUT2D eigenvalue weighted by molar-refractivity contribution is 6.06. The summed E-state index contributed by atoms with van der Waals surface area (Å²) in [5, 5.41) is 16.3. The Morgan fingerprint density at radius 1 is 0.274 bits per heavy atom. The fourth-order valence-electron chi connectivity index (χ4n) is 16.9. The molecule has 39 heteroatoms. The van der Waals surface area contributed by atoms with Gasteiger partial charge in [0.05, 0.1) is 74.8 Å². The normalized spacial score (nSPS) is 22.6. The molecule has 7 aromatic rings. The van der Waals surface area contributed by atoms with E-state index >= 15 is 24.0 Å². The van der Waals surface area contributed by atoms with Crippen molar-refractivity contribution < 1.29 is 129 Å². The number of carbonyl (C=O) groups is 19. The Kier molecular flexibility index (Phi) is 30.3. The van der Waals surface area contributed by atoms with Crippen molar-refractivity contribution in [3.63, 3.8) is 0 Å². The number of hydrogen-bond acceptors (Lipinski definition) is 27. The van der Waals surface area contributed by atoms with Gasteiger partial charge in [0.2, 0.25) is 65.0 Å². The SMILES string of the molecule is C[C@@H]1OC(=O)N(C(=O)C[C@H](NC(=O)OC(C)(C)C)c2ccccc2)[C@H]1C(=O)N[C@@H](CC(=O)N1C(=O)O[C@@H](C)[C@@H]1C(=O)N[C@@H](CC(=O)N1C(=O)O[C@@H](C)[C@@H]1C(=O)N[C@@H](CC(=O)N1C(=O)O[C@@H](C)[C@@H]1C(=O)N[C@@H](CC(=O)N1C(=O)O[C@@H](C)[C@@H]1C(=O)N[C@@H](CC(=O)N1C(=O)O[C@@H](C)[C@@H]1C(=O)OCc1ccccc1)c1ccccc1)c1ccccc1)c1ccccc1)c1ccccc1)c1ccccc1. The molecule has 0 bridgehead atoms. The smallest absolute Gasteiger partial charge is 0.417 e. The number of rotatable bonds is 32. The first-order valence-corrected chi connectivity index (χ1v) is 43.6. The van der Waals surface area contributed by atoms with Gasteiger partial charge in [0.15, 0.2) is 36.3 Å². The standard InChI is InChI=1S/C96H100N12O27/c1-52-77(103(90(122)129-52)71(109)46-66(60-35-21-12-22-36-60)98-85(117)79-54(3)131-92(124)105(79)73(111)48-68(62-39-25-14-26-40-62)100-87(119)81-56(5)133-94(126)107(81)75(113)50-70(64-43-29-16-30-44-64)102-89(121)135-96(7,8)9)83(115)97-65(59-33-19-11-20-34-59)45-72(110)104-78(53(2)130-91(104)123)84(116)99-67(61-37-23-13-24-38-61)47-74(112)106-80(55(4)132-93(106)125)86(118)101-69(63-41-27-15-28-42-63)49-76(114)108-82(57(6)134-95(108)127)88(120)128-51-58-31-17-10-18-32-58/h10-44,52-57,65-70,77-82H,45-51H2,1-9H3,(H,97,115)(H,98,117)(H,99,116)(H,100,119)(H,101,118)(H,102,121)/t52-,53-,54-,55-,56-,57-,65-,66-,67-,68-,69-,70-,77+,78+,79+,80+,81+,82+/m0/s1. The van der Waals surface area contributed by atoms with E-state index in [2.05, 4.69) is 31.9 Å². The van der Waals surface area contributed by atoms with Gasteiger partial charge in [-0.3, -0.25) is 52.7 Å². The number of carbonyl (C=O) groups excluding carboxylic acids is 19. The number of ether oxygens (including phenoxy) is 8. The summed E-state index contributed by atoms with van der Waals surface area (Å²) in [5.41, 5.74) is 1.42. The summed E-state index contributed by atoms with van der Waals surface area (Å²) in [6.45, 7) is 12.8. The van der Waals surface area contributed by atoms with Crippen LogP contribution in [-0.2, 0) is 102 Å². The lowest BCUT2D eigenvalue weighted by atomic mass is 9.99. The molecular weight excluding hydrogens is 1750 g/mol. The average molecular weight is 1850 g/mol. The Labute approximate surface area is 773 Å². The third kappa shape index (κ3) is 22.6. The minimum Gasteiger partial charge on any atom is -0.459 e. The Morgan fingerprint density at radius 2 is 0.452 bits per heavy atom. The Morgan fingerprint density at radius 3 is 0.652 bits per heavy atom. The number of amides is 18. The van der Waals surface area contributed by atoms with Gasteiger partial charge >= 0.3 is 48.6 Å². The van der Waals surface area contributed by atoms with Crippen LogP contribution in [0.1, 0.15) is 176 Å². The van der Waals surface area contributed by atoms with Crippen molar-refractivity contribution in [1.82, 2.24) is 61.3 Å². The maximum absolute atomic E-state index is 15.1. The van der Waals surface area contributed by atoms with Crippen molar-refractivity contribution >= 4 is 114 Å². The molecule has 7 aromatic carbocycles. The second-order valence-electron chi connectivity index (χ2n) is 34.1. The number of esters is 1. The number of nitrogens with one attached hydrogen (secondary N) is 6. The summed E-state index contributed by atoms with van der Waals surface area (Å²) < 4.78 is 43.8. The monoisotopic (exact) mass is 1850 g/mol. The number of nitrogens with zero attached hydrogens (tertiary/aromatic N) is 6. The van der Waals surface area contributed by atoms with E-state index < -0.39 is 267 Å². The highest BCUT2D eigenvalue weighted by atomic mass is 16.6. The van der Waals surface area contributed by atoms with E-state index in [-0.39, 0.29) is 28.9 Å². The summed E-state index contributed by atoms with van der Waals surface area (Å²) in [7, 11) is 0. The van der Waals surface area contributed by atoms with Gasteiger partial charge in [0, 0.05) is 0 Å². The Balaban J connectivity index is 0.678. The number of cyclic esters (lactones) is 6. The first kappa shape index (κ1) is 96.8. The second kappa shape index (κ2) is 42.2. The molecule has 18 atom stereocenters. The molecule has 0 saturated carbocycles. The van der Waals surface area contributed by atoms with Crippen LogP contribution < -0.4 is 31.9 Å². The lowest BCUT2D eigenvalue weighted by Gasteiger charge is -2.29. The number of imide groups is 6. The van der Waals surface area contributed by atoms with Crippen LogP contribution in [0.3, 0.4) is 0 Å². The van der Waals surface area contributed by atoms with Crippen LogP contribution in [0.2, 0.25) is 0 Å². The molecule has 18 amide bonds. The lowest BCUT2D eigenvalue weighted by Crippen LogP contribution is -2.54. The van der Waals surface area contributed by atoms with Crippen molar-refractivity contribution in [2.45, 2.75) is 222 Å². The molecule has 0 aliphatic carbocycles. The van der Waals surface area contributed by atoms with Gasteiger partial charge in [-0.05, 0) is 101 Å². The van der Waals surface area contributed by atoms with Gasteiger partial charge < -0.3 is 69.8 Å². The predicted molar refractivity (Wildman–Crippen MR) is 469 cm³/mol. The fourth-order valence-corrected chi connectivity index (χ4v) is 16.9. The molecule has 0 aromatic heterocycles. The minimum absolute atomic E-state index is 0.194. The molecule has 706 valence electrons. The van der Waals surface area contributed by atoms with E-state index in [0.29, 0.717) is 46.1 Å². The third-order valence-corrected chi connectivity index (χ3v) is 23.4. The fraction of sp³-hybridized carbons (Fsp3) is 0.365. The molecular formula is C96H100N12O27. The molecule has 0 radical (unpaired) electrons. The van der Waals surface area contributed by atoms with Crippen LogP contribution in [0.4, 0.5) is 33.6 Å². The molecule has 135 heavy (non-hydrogen) atoms. The van der Waals surface area contributed by atoms with Crippen LogP contribution >= 0.6 is 0 Å². The van der Waals surface area contributed by atoms with Gasteiger partial charge in [-0.1, -0.05) is 212 Å². The average Bonchev–Trinajstić information content (AvgIpc) is 1.66. The molecule has 6 N–H and O–H groups in total. The van der Waals surface area contributed by atoms with E-state index in [9.17, 15) is 67.1 Å². The van der Waals surface area contributed by atoms with E-state index in [1.807, 2.05) is 0 Å². The maximum atomic E-state index is 15.1. The highest BCUT2D eigenvalue weighted by Crippen LogP contribution is 2.36. The second-order valence-corrected chi connectivity index (χ2v) is 34.1. The summed E-state index contributed by atoms with van der Waals surface area (Å²) in [6.07, 6.45) is -20.9. The molecule has 6 fully saturated rings. The largest absolute Gasteiger partial charge is 0.459 e. The van der Waals surface area contributed by atoms with Crippen molar-refractivity contribution in [3.05, 3.63) is 251 Å². The molecule has 13 rings (SSSR count). The predicted octanol–water partition coefficient (Wildman–Crippen LogP) is 9.04. The molecule has 0 unspecified atom stereocenters. The van der Waals surface area contributed by atoms with Crippen LogP contribution in [0.15, 0.2) is 212 Å². The van der Waals surface area contributed by atoms with Crippen LogP contribution in [0.25, 0.3) is 0 Å².